The van der Waals surface area contributed by atoms with Gasteiger partial charge < -0.3 is 5.32 Å². The number of nitrogens with one attached hydrogen (secondary N) is 1. The first-order chi connectivity index (χ1) is 7.78. The van der Waals surface area contributed by atoms with Gasteiger partial charge in [0.05, 0.1) is 17.4 Å². The number of anilines is 1. The number of nitrogens with zero attached hydrogens (tertiary/aromatic N) is 2. The summed E-state index contributed by atoms with van der Waals surface area (Å²) in [5.74, 6) is 0. The minimum Gasteiger partial charge on any atom is -0.379 e. The van der Waals surface area contributed by atoms with E-state index >= 15 is 0 Å². The van der Waals surface area contributed by atoms with Gasteiger partial charge in [0, 0.05) is 22.5 Å². The molecule has 0 aliphatic rings. The van der Waals surface area contributed by atoms with Crippen molar-refractivity contribution in [2.24, 2.45) is 0 Å². The van der Waals surface area contributed by atoms with Crippen LogP contribution in [-0.4, -0.2) is 4.98 Å². The van der Waals surface area contributed by atoms with E-state index in [1.54, 1.807) is 11.3 Å². The van der Waals surface area contributed by atoms with Crippen LogP contribution in [0.2, 0.25) is 0 Å². The second-order valence-corrected chi connectivity index (χ2v) is 4.45. The Morgan fingerprint density at radius 3 is 3.00 bits per heavy atom. The molecule has 80 valence electrons. The lowest BCUT2D eigenvalue weighted by atomic mass is 10.3. The van der Waals surface area contributed by atoms with Crippen molar-refractivity contribution in [2.45, 2.75) is 13.5 Å². The van der Waals surface area contributed by atoms with Crippen molar-refractivity contribution < 1.29 is 0 Å². The van der Waals surface area contributed by atoms with Gasteiger partial charge >= 0.3 is 0 Å². The first-order valence-electron chi connectivity index (χ1n) is 4.92. The van der Waals surface area contributed by atoms with Gasteiger partial charge in [0.15, 0.2) is 0 Å². The molecule has 2 rings (SSSR count). The quantitative estimate of drug-likeness (QED) is 0.880. The largest absolute Gasteiger partial charge is 0.379 e. The number of rotatable bonds is 3. The molecule has 0 aromatic carbocycles. The number of pyridine rings is 1. The van der Waals surface area contributed by atoms with Gasteiger partial charge in [-0.1, -0.05) is 0 Å². The highest BCUT2D eigenvalue weighted by atomic mass is 32.1. The molecule has 3 nitrogen and oxygen atoms in total. The van der Waals surface area contributed by atoms with Gasteiger partial charge in [0.1, 0.15) is 6.07 Å². The molecule has 2 aromatic rings. The van der Waals surface area contributed by atoms with Crippen LogP contribution >= 0.6 is 11.3 Å². The predicted octanol–water partition coefficient (Wildman–Crippen LogP) is 2.94. The fourth-order valence-electron chi connectivity index (χ4n) is 1.29. The van der Waals surface area contributed by atoms with Crippen LogP contribution in [0.1, 0.15) is 16.1 Å². The SMILES string of the molecule is Cc1ccc(NCc2cc(C#N)cs2)cn1. The van der Waals surface area contributed by atoms with Crippen LogP contribution in [0.5, 0.6) is 0 Å². The van der Waals surface area contributed by atoms with E-state index in [2.05, 4.69) is 16.4 Å². The minimum atomic E-state index is 0.726. The van der Waals surface area contributed by atoms with Gasteiger partial charge in [-0.25, -0.2) is 0 Å². The smallest absolute Gasteiger partial charge is 0.100 e. The summed E-state index contributed by atoms with van der Waals surface area (Å²) in [6.07, 6.45) is 1.81. The molecule has 0 fully saturated rings. The molecule has 0 bridgehead atoms. The molecule has 0 spiro atoms. The number of thiophene rings is 1. The van der Waals surface area contributed by atoms with Gasteiger partial charge in [-0.15, -0.1) is 11.3 Å². The van der Waals surface area contributed by atoms with Gasteiger partial charge in [-0.3, -0.25) is 4.98 Å². The molecule has 0 aliphatic heterocycles. The van der Waals surface area contributed by atoms with Gasteiger partial charge in [-0.2, -0.15) is 5.26 Å². The average Bonchev–Trinajstić information content (AvgIpc) is 2.76. The van der Waals surface area contributed by atoms with E-state index in [9.17, 15) is 0 Å². The predicted molar refractivity (Wildman–Crippen MR) is 65.3 cm³/mol. The summed E-state index contributed by atoms with van der Waals surface area (Å²) in [6.45, 7) is 2.69. The van der Waals surface area contributed by atoms with Gasteiger partial charge in [0.25, 0.3) is 0 Å². The van der Waals surface area contributed by atoms with Crippen LogP contribution < -0.4 is 5.32 Å². The number of hydrogen-bond donors (Lipinski definition) is 1. The monoisotopic (exact) mass is 229 g/mol. The van der Waals surface area contributed by atoms with Crippen LogP contribution in [-0.2, 0) is 6.54 Å². The molecule has 2 heterocycles. The van der Waals surface area contributed by atoms with E-state index in [0.717, 1.165) is 28.4 Å². The third-order valence-corrected chi connectivity index (χ3v) is 3.10. The maximum Gasteiger partial charge on any atom is 0.100 e. The van der Waals surface area contributed by atoms with Crippen LogP contribution in [0.25, 0.3) is 0 Å². The van der Waals surface area contributed by atoms with Crippen molar-refractivity contribution in [3.05, 3.63) is 45.9 Å². The van der Waals surface area contributed by atoms with Gasteiger partial charge in [-0.05, 0) is 25.1 Å². The topological polar surface area (TPSA) is 48.7 Å². The van der Waals surface area contributed by atoms with E-state index in [1.807, 2.05) is 36.7 Å². The van der Waals surface area contributed by atoms with E-state index in [-0.39, 0.29) is 0 Å². The number of nitriles is 1. The Hall–Kier alpha value is -1.86. The van der Waals surface area contributed by atoms with Crippen molar-refractivity contribution >= 4 is 17.0 Å². The molecule has 0 unspecified atom stereocenters. The molecule has 0 radical (unpaired) electrons. The highest BCUT2D eigenvalue weighted by Crippen LogP contribution is 2.15. The van der Waals surface area contributed by atoms with Crippen molar-refractivity contribution in [3.8, 4) is 6.07 Å². The van der Waals surface area contributed by atoms with Crippen molar-refractivity contribution in [1.82, 2.24) is 4.98 Å². The molecule has 0 atom stereocenters. The van der Waals surface area contributed by atoms with E-state index < -0.39 is 0 Å². The first kappa shape index (κ1) is 10.7. The fourth-order valence-corrected chi connectivity index (χ4v) is 2.04. The summed E-state index contributed by atoms with van der Waals surface area (Å²) >= 11 is 1.59. The summed E-state index contributed by atoms with van der Waals surface area (Å²) in [7, 11) is 0. The lowest BCUT2D eigenvalue weighted by molar-refractivity contribution is 1.15. The lowest BCUT2D eigenvalue weighted by Crippen LogP contribution is -1.97. The zero-order valence-electron chi connectivity index (χ0n) is 8.90. The van der Waals surface area contributed by atoms with Crippen LogP contribution in [0.3, 0.4) is 0 Å². The molecule has 4 heteroatoms. The standard InChI is InChI=1S/C12H11N3S/c1-9-2-3-11(6-14-9)15-7-12-4-10(5-13)8-16-12/h2-4,6,8,15H,7H2,1H3. The number of aryl methyl sites for hydroxylation is 1. The molecule has 0 aliphatic carbocycles. The van der Waals surface area contributed by atoms with Crippen LogP contribution in [0.4, 0.5) is 5.69 Å². The zero-order valence-corrected chi connectivity index (χ0v) is 9.71. The summed E-state index contributed by atoms with van der Waals surface area (Å²) in [6, 6.07) is 8.00. The summed E-state index contributed by atoms with van der Waals surface area (Å²) in [5, 5.41) is 13.8. The summed E-state index contributed by atoms with van der Waals surface area (Å²) < 4.78 is 0. The Bertz CT molecular complexity index is 508. The van der Waals surface area contributed by atoms with E-state index in [4.69, 9.17) is 5.26 Å². The van der Waals surface area contributed by atoms with Crippen molar-refractivity contribution in [1.29, 1.82) is 5.26 Å². The highest BCUT2D eigenvalue weighted by molar-refractivity contribution is 7.10. The molecule has 0 saturated carbocycles. The lowest BCUT2D eigenvalue weighted by Gasteiger charge is -2.03. The maximum atomic E-state index is 8.69. The average molecular weight is 229 g/mol. The number of aromatic nitrogens is 1. The van der Waals surface area contributed by atoms with Gasteiger partial charge in [0.2, 0.25) is 0 Å². The third-order valence-electron chi connectivity index (χ3n) is 2.16. The second-order valence-electron chi connectivity index (χ2n) is 3.46. The Morgan fingerprint density at radius 1 is 1.50 bits per heavy atom. The molecular formula is C12H11N3S. The first-order valence-corrected chi connectivity index (χ1v) is 5.80. The Morgan fingerprint density at radius 2 is 2.38 bits per heavy atom. The molecule has 0 amide bonds. The van der Waals surface area contributed by atoms with Crippen molar-refractivity contribution in [3.63, 3.8) is 0 Å². The molecule has 0 saturated heterocycles. The Kier molecular flexibility index (Phi) is 3.18. The Labute approximate surface area is 98.4 Å². The normalized spacial score (nSPS) is 9.75. The van der Waals surface area contributed by atoms with Crippen molar-refractivity contribution in [2.75, 3.05) is 5.32 Å². The Balaban J connectivity index is 1.97. The maximum absolute atomic E-state index is 8.69. The molecule has 16 heavy (non-hydrogen) atoms. The highest BCUT2D eigenvalue weighted by Gasteiger charge is 1.99. The fraction of sp³-hybridized carbons (Fsp3) is 0.167. The van der Waals surface area contributed by atoms with Crippen LogP contribution in [0.15, 0.2) is 29.8 Å². The summed E-state index contributed by atoms with van der Waals surface area (Å²) in [5.41, 5.74) is 2.73. The zero-order chi connectivity index (χ0) is 11.4. The van der Waals surface area contributed by atoms with E-state index in [0.29, 0.717) is 0 Å². The van der Waals surface area contributed by atoms with E-state index in [1.165, 1.54) is 0 Å². The molecule has 1 N–H and O–H groups in total. The third kappa shape index (κ3) is 2.59. The molecule has 2 aromatic heterocycles. The summed E-state index contributed by atoms with van der Waals surface area (Å²) in [4.78, 5) is 5.35. The van der Waals surface area contributed by atoms with Crippen LogP contribution in [0, 0.1) is 18.3 Å². The minimum absolute atomic E-state index is 0.726. The number of hydrogen-bond acceptors (Lipinski definition) is 4. The molecular weight excluding hydrogens is 218 g/mol. The second kappa shape index (κ2) is 4.77.